The van der Waals surface area contributed by atoms with Crippen LogP contribution in [0.2, 0.25) is 0 Å². The lowest BCUT2D eigenvalue weighted by molar-refractivity contribution is -0.0307. The highest BCUT2D eigenvalue weighted by atomic mass is 15.2. The summed E-state index contributed by atoms with van der Waals surface area (Å²) < 4.78 is 0. The molecule has 1 aliphatic carbocycles. The number of likely N-dealkylation sites (tertiary alicyclic amines) is 1. The molecule has 1 atom stereocenters. The van der Waals surface area contributed by atoms with Crippen LogP contribution < -0.4 is 5.73 Å². The van der Waals surface area contributed by atoms with Crippen molar-refractivity contribution in [2.45, 2.75) is 84.6 Å². The Morgan fingerprint density at radius 2 is 1.55 bits per heavy atom. The van der Waals surface area contributed by atoms with E-state index in [9.17, 15) is 0 Å². The van der Waals surface area contributed by atoms with Crippen LogP contribution in [0, 0.1) is 10.8 Å². The fraction of sp³-hybridized carbons (Fsp3) is 1.00. The molecule has 2 rings (SSSR count). The molecule has 1 unspecified atom stereocenters. The van der Waals surface area contributed by atoms with E-state index in [1.807, 2.05) is 0 Å². The molecule has 0 aromatic carbocycles. The van der Waals surface area contributed by atoms with Crippen LogP contribution in [0.1, 0.15) is 79.1 Å². The van der Waals surface area contributed by atoms with Crippen molar-refractivity contribution in [3.05, 3.63) is 0 Å². The summed E-state index contributed by atoms with van der Waals surface area (Å²) in [5.41, 5.74) is 7.68. The molecular weight excluding hydrogens is 244 g/mol. The van der Waals surface area contributed by atoms with Crippen LogP contribution in [-0.4, -0.2) is 30.1 Å². The summed E-state index contributed by atoms with van der Waals surface area (Å²) in [6.45, 7) is 13.0. The third-order valence-electron chi connectivity index (χ3n) is 6.68. The van der Waals surface area contributed by atoms with E-state index in [1.54, 1.807) is 0 Å². The van der Waals surface area contributed by atoms with Crippen LogP contribution in [0.15, 0.2) is 0 Å². The first-order valence-corrected chi connectivity index (χ1v) is 8.86. The van der Waals surface area contributed by atoms with Gasteiger partial charge in [-0.3, -0.25) is 4.90 Å². The first-order chi connectivity index (χ1) is 9.41. The Hall–Kier alpha value is -0.0800. The Kier molecular flexibility index (Phi) is 4.86. The second kappa shape index (κ2) is 5.96. The number of hydrogen-bond acceptors (Lipinski definition) is 2. The molecule has 1 saturated carbocycles. The quantitative estimate of drug-likeness (QED) is 0.837. The molecule has 2 fully saturated rings. The second-order valence-corrected chi connectivity index (χ2v) is 8.32. The lowest BCUT2D eigenvalue weighted by Crippen LogP contribution is -2.60. The monoisotopic (exact) mass is 280 g/mol. The summed E-state index contributed by atoms with van der Waals surface area (Å²) in [6, 6.07) is 0. The van der Waals surface area contributed by atoms with Gasteiger partial charge in [0.2, 0.25) is 0 Å². The Labute approximate surface area is 126 Å². The zero-order valence-corrected chi connectivity index (χ0v) is 14.3. The minimum absolute atomic E-state index is 0.301. The Morgan fingerprint density at radius 1 is 0.950 bits per heavy atom. The first-order valence-electron chi connectivity index (χ1n) is 8.86. The topological polar surface area (TPSA) is 29.3 Å². The normalized spacial score (nSPS) is 34.0. The Balaban J connectivity index is 2.07. The van der Waals surface area contributed by atoms with E-state index < -0.39 is 0 Å². The van der Waals surface area contributed by atoms with Gasteiger partial charge in [-0.15, -0.1) is 0 Å². The van der Waals surface area contributed by atoms with Crippen LogP contribution in [-0.2, 0) is 0 Å². The average molecular weight is 280 g/mol. The number of nitrogens with zero attached hydrogens (tertiary/aromatic N) is 1. The van der Waals surface area contributed by atoms with Gasteiger partial charge in [-0.1, -0.05) is 47.0 Å². The smallest absolute Gasteiger partial charge is 0.0336 e. The number of piperidine rings is 1. The lowest BCUT2D eigenvalue weighted by atomic mass is 9.65. The molecule has 2 N–H and O–H groups in total. The van der Waals surface area contributed by atoms with Crippen LogP contribution >= 0.6 is 0 Å². The van der Waals surface area contributed by atoms with Gasteiger partial charge in [0.25, 0.3) is 0 Å². The van der Waals surface area contributed by atoms with Gasteiger partial charge in [0, 0.05) is 12.1 Å². The van der Waals surface area contributed by atoms with Gasteiger partial charge < -0.3 is 5.73 Å². The molecule has 0 aromatic rings. The summed E-state index contributed by atoms with van der Waals surface area (Å²) in [4.78, 5) is 2.78. The lowest BCUT2D eigenvalue weighted by Gasteiger charge is -2.54. The van der Waals surface area contributed by atoms with Gasteiger partial charge in [-0.2, -0.15) is 0 Å². The van der Waals surface area contributed by atoms with Crippen LogP contribution in [0.4, 0.5) is 0 Å². The van der Waals surface area contributed by atoms with Gasteiger partial charge in [0.05, 0.1) is 0 Å². The predicted molar refractivity (Wildman–Crippen MR) is 87.9 cm³/mol. The predicted octanol–water partition coefficient (Wildman–Crippen LogP) is 4.19. The van der Waals surface area contributed by atoms with E-state index >= 15 is 0 Å². The fourth-order valence-electron chi connectivity index (χ4n) is 4.95. The Morgan fingerprint density at radius 3 is 2.00 bits per heavy atom. The molecule has 1 heterocycles. The molecule has 1 aliphatic heterocycles. The number of hydrogen-bond donors (Lipinski definition) is 1. The van der Waals surface area contributed by atoms with Gasteiger partial charge in [0.15, 0.2) is 0 Å². The van der Waals surface area contributed by atoms with Crippen molar-refractivity contribution in [1.82, 2.24) is 4.90 Å². The molecular formula is C18H36N2. The van der Waals surface area contributed by atoms with E-state index in [-0.39, 0.29) is 0 Å². The summed E-state index contributed by atoms with van der Waals surface area (Å²) in [7, 11) is 0. The summed E-state index contributed by atoms with van der Waals surface area (Å²) >= 11 is 0. The van der Waals surface area contributed by atoms with Crippen LogP contribution in [0.3, 0.4) is 0 Å². The summed E-state index contributed by atoms with van der Waals surface area (Å²) in [5, 5.41) is 0. The summed E-state index contributed by atoms with van der Waals surface area (Å²) in [5.74, 6) is 0. The van der Waals surface area contributed by atoms with Crippen molar-refractivity contribution in [3.63, 3.8) is 0 Å². The van der Waals surface area contributed by atoms with Crippen molar-refractivity contribution in [1.29, 1.82) is 0 Å². The van der Waals surface area contributed by atoms with Crippen molar-refractivity contribution < 1.29 is 0 Å². The van der Waals surface area contributed by atoms with Gasteiger partial charge in [-0.25, -0.2) is 0 Å². The molecule has 0 radical (unpaired) electrons. The Bertz CT molecular complexity index is 309. The maximum absolute atomic E-state index is 6.28. The molecule has 0 bridgehead atoms. The third kappa shape index (κ3) is 3.06. The standard InChI is InChI=1S/C18H36N2/c1-5-17(6-2)10-12-20(13-11-17)18(15-19)9-7-8-16(3,4)14-18/h5-15,19H2,1-4H3. The molecule has 0 spiro atoms. The first kappa shape index (κ1) is 16.3. The van der Waals surface area contributed by atoms with E-state index in [2.05, 4.69) is 32.6 Å². The molecule has 2 nitrogen and oxygen atoms in total. The molecule has 1 saturated heterocycles. The van der Waals surface area contributed by atoms with E-state index in [0.29, 0.717) is 16.4 Å². The van der Waals surface area contributed by atoms with Crippen molar-refractivity contribution in [2.24, 2.45) is 16.6 Å². The molecule has 2 heteroatoms. The van der Waals surface area contributed by atoms with Crippen molar-refractivity contribution in [2.75, 3.05) is 19.6 Å². The van der Waals surface area contributed by atoms with Gasteiger partial charge in [0.1, 0.15) is 0 Å². The van der Waals surface area contributed by atoms with E-state index in [0.717, 1.165) is 6.54 Å². The number of nitrogens with two attached hydrogens (primary N) is 1. The molecule has 0 amide bonds. The highest BCUT2D eigenvalue weighted by Gasteiger charge is 2.45. The highest BCUT2D eigenvalue weighted by molar-refractivity contribution is 5.01. The molecule has 2 aliphatic rings. The zero-order valence-electron chi connectivity index (χ0n) is 14.3. The van der Waals surface area contributed by atoms with E-state index in [1.165, 1.54) is 64.5 Å². The highest BCUT2D eigenvalue weighted by Crippen LogP contribution is 2.47. The minimum Gasteiger partial charge on any atom is -0.329 e. The van der Waals surface area contributed by atoms with Crippen LogP contribution in [0.25, 0.3) is 0 Å². The summed E-state index contributed by atoms with van der Waals surface area (Å²) in [6.07, 6.45) is 10.8. The van der Waals surface area contributed by atoms with E-state index in [4.69, 9.17) is 5.73 Å². The molecule has 0 aromatic heterocycles. The average Bonchev–Trinajstić information content (AvgIpc) is 2.46. The van der Waals surface area contributed by atoms with Crippen LogP contribution in [0.5, 0.6) is 0 Å². The molecule has 118 valence electrons. The third-order valence-corrected chi connectivity index (χ3v) is 6.68. The second-order valence-electron chi connectivity index (χ2n) is 8.32. The fourth-order valence-corrected chi connectivity index (χ4v) is 4.95. The SMILES string of the molecule is CCC1(CC)CCN(C2(CN)CCCC(C)(C)C2)CC1. The van der Waals surface area contributed by atoms with Gasteiger partial charge in [-0.05, 0) is 56.0 Å². The maximum Gasteiger partial charge on any atom is 0.0336 e. The van der Waals surface area contributed by atoms with Gasteiger partial charge >= 0.3 is 0 Å². The van der Waals surface area contributed by atoms with Crippen molar-refractivity contribution in [3.8, 4) is 0 Å². The minimum atomic E-state index is 0.301. The van der Waals surface area contributed by atoms with Crippen molar-refractivity contribution >= 4 is 0 Å². The number of rotatable bonds is 4. The molecule has 20 heavy (non-hydrogen) atoms. The zero-order chi connectivity index (χ0) is 14.9. The maximum atomic E-state index is 6.28. The largest absolute Gasteiger partial charge is 0.329 e.